The third-order valence-electron chi connectivity index (χ3n) is 5.94. The quantitative estimate of drug-likeness (QED) is 0.413. The Labute approximate surface area is 213 Å². The first kappa shape index (κ1) is 25.2. The van der Waals surface area contributed by atoms with Gasteiger partial charge in [0.2, 0.25) is 0 Å². The van der Waals surface area contributed by atoms with Crippen LogP contribution in [0, 0.1) is 0 Å². The van der Waals surface area contributed by atoms with Crippen LogP contribution in [0.4, 0.5) is 0 Å². The SMILES string of the molecule is COc1cccc(OC)c1CCNC(=O)c1ccc(Oc2cc3c(cc2Cl)C(C(=O)O)CCO3)cc1. The Balaban J connectivity index is 1.39. The number of rotatable bonds is 9. The fourth-order valence-electron chi connectivity index (χ4n) is 4.10. The summed E-state index contributed by atoms with van der Waals surface area (Å²) in [5.41, 5.74) is 1.88. The van der Waals surface area contributed by atoms with Gasteiger partial charge in [-0.15, -0.1) is 0 Å². The van der Waals surface area contributed by atoms with Gasteiger partial charge >= 0.3 is 5.97 Å². The minimum absolute atomic E-state index is 0.227. The van der Waals surface area contributed by atoms with Gasteiger partial charge in [-0.2, -0.15) is 0 Å². The largest absolute Gasteiger partial charge is 0.496 e. The van der Waals surface area contributed by atoms with Gasteiger partial charge in [0.05, 0.1) is 31.8 Å². The first-order valence-electron chi connectivity index (χ1n) is 11.4. The maximum atomic E-state index is 12.6. The summed E-state index contributed by atoms with van der Waals surface area (Å²) < 4.78 is 22.3. The molecule has 188 valence electrons. The zero-order chi connectivity index (χ0) is 25.7. The van der Waals surface area contributed by atoms with E-state index in [1.54, 1.807) is 50.6 Å². The molecule has 1 aliphatic heterocycles. The molecule has 2 N–H and O–H groups in total. The highest BCUT2D eigenvalue weighted by molar-refractivity contribution is 6.32. The fraction of sp³-hybridized carbons (Fsp3) is 0.259. The number of benzene rings is 3. The molecule has 1 heterocycles. The van der Waals surface area contributed by atoms with Crippen molar-refractivity contribution >= 4 is 23.5 Å². The van der Waals surface area contributed by atoms with Gasteiger partial charge in [-0.1, -0.05) is 17.7 Å². The summed E-state index contributed by atoms with van der Waals surface area (Å²) in [6.07, 6.45) is 0.927. The number of carbonyl (C=O) groups excluding carboxylic acids is 1. The van der Waals surface area contributed by atoms with E-state index < -0.39 is 11.9 Å². The Morgan fingerprint density at radius 3 is 2.39 bits per heavy atom. The zero-order valence-electron chi connectivity index (χ0n) is 19.9. The first-order chi connectivity index (χ1) is 17.4. The maximum Gasteiger partial charge on any atom is 0.311 e. The van der Waals surface area contributed by atoms with Crippen molar-refractivity contribution in [3.8, 4) is 28.7 Å². The first-order valence-corrected chi connectivity index (χ1v) is 11.7. The van der Waals surface area contributed by atoms with Crippen molar-refractivity contribution in [1.29, 1.82) is 0 Å². The van der Waals surface area contributed by atoms with Crippen LogP contribution in [0.2, 0.25) is 5.02 Å². The molecule has 4 rings (SSSR count). The summed E-state index contributed by atoms with van der Waals surface area (Å²) in [5.74, 6) is 0.847. The van der Waals surface area contributed by atoms with Gasteiger partial charge in [0.25, 0.3) is 5.91 Å². The van der Waals surface area contributed by atoms with Gasteiger partial charge in [-0.3, -0.25) is 9.59 Å². The van der Waals surface area contributed by atoms with E-state index in [1.165, 1.54) is 0 Å². The van der Waals surface area contributed by atoms with Crippen LogP contribution in [0.5, 0.6) is 28.7 Å². The monoisotopic (exact) mass is 511 g/mol. The third kappa shape index (κ3) is 5.49. The second kappa shape index (κ2) is 11.2. The number of halogens is 1. The number of carboxylic acids is 1. The average Bonchev–Trinajstić information content (AvgIpc) is 2.89. The predicted molar refractivity (Wildman–Crippen MR) is 134 cm³/mol. The van der Waals surface area contributed by atoms with Crippen molar-refractivity contribution in [2.24, 2.45) is 0 Å². The molecule has 0 aromatic heterocycles. The molecule has 0 radical (unpaired) electrons. The van der Waals surface area contributed by atoms with Gasteiger partial charge < -0.3 is 29.4 Å². The number of hydrogen-bond donors (Lipinski definition) is 2. The summed E-state index contributed by atoms with van der Waals surface area (Å²) in [6, 6.07) is 15.3. The van der Waals surface area contributed by atoms with Crippen LogP contribution < -0.4 is 24.3 Å². The van der Waals surface area contributed by atoms with Crippen molar-refractivity contribution in [1.82, 2.24) is 5.32 Å². The van der Waals surface area contributed by atoms with E-state index in [-0.39, 0.29) is 10.9 Å². The highest BCUT2D eigenvalue weighted by Crippen LogP contribution is 2.41. The van der Waals surface area contributed by atoms with Crippen molar-refractivity contribution in [2.45, 2.75) is 18.8 Å². The Hall–Kier alpha value is -3.91. The van der Waals surface area contributed by atoms with Crippen molar-refractivity contribution < 1.29 is 33.6 Å². The summed E-state index contributed by atoms with van der Waals surface area (Å²) >= 11 is 6.36. The molecule has 3 aromatic carbocycles. The minimum atomic E-state index is -0.916. The van der Waals surface area contributed by atoms with Gasteiger partial charge in [-0.05, 0) is 55.3 Å². The molecule has 0 bridgehead atoms. The summed E-state index contributed by atoms with van der Waals surface area (Å²) in [7, 11) is 3.19. The van der Waals surface area contributed by atoms with E-state index in [9.17, 15) is 14.7 Å². The predicted octanol–water partition coefficient (Wildman–Crippen LogP) is 5.07. The molecule has 1 aliphatic rings. The number of carboxylic acid groups (broad SMARTS) is 1. The van der Waals surface area contributed by atoms with Crippen molar-refractivity contribution in [3.05, 3.63) is 76.3 Å². The second-order valence-electron chi connectivity index (χ2n) is 8.12. The molecule has 0 fully saturated rings. The molecule has 0 spiro atoms. The van der Waals surface area contributed by atoms with Gasteiger partial charge in [0, 0.05) is 29.3 Å². The number of carbonyl (C=O) groups is 2. The van der Waals surface area contributed by atoms with Crippen molar-refractivity contribution in [2.75, 3.05) is 27.4 Å². The van der Waals surface area contributed by atoms with Crippen LogP contribution in [-0.4, -0.2) is 44.4 Å². The molecular weight excluding hydrogens is 486 g/mol. The summed E-state index contributed by atoms with van der Waals surface area (Å²) in [4.78, 5) is 24.1. The van der Waals surface area contributed by atoms with Crippen LogP contribution in [-0.2, 0) is 11.2 Å². The topological polar surface area (TPSA) is 103 Å². The molecule has 1 unspecified atom stereocenters. The van der Waals surface area contributed by atoms with E-state index >= 15 is 0 Å². The highest BCUT2D eigenvalue weighted by Gasteiger charge is 2.29. The third-order valence-corrected chi connectivity index (χ3v) is 6.23. The Kier molecular flexibility index (Phi) is 7.85. The van der Waals surface area contributed by atoms with E-state index in [1.807, 2.05) is 18.2 Å². The molecule has 1 atom stereocenters. The van der Waals surface area contributed by atoms with Crippen LogP contribution in [0.1, 0.15) is 33.8 Å². The lowest BCUT2D eigenvalue weighted by Crippen LogP contribution is -2.25. The van der Waals surface area contributed by atoms with Gasteiger partial charge in [0.1, 0.15) is 28.7 Å². The molecule has 36 heavy (non-hydrogen) atoms. The summed E-state index contributed by atoms with van der Waals surface area (Å²) in [6.45, 7) is 0.703. The van der Waals surface area contributed by atoms with E-state index in [4.69, 9.17) is 30.5 Å². The molecule has 9 heteroatoms. The number of aliphatic carboxylic acids is 1. The lowest BCUT2D eigenvalue weighted by Gasteiger charge is -2.24. The van der Waals surface area contributed by atoms with Crippen LogP contribution in [0.3, 0.4) is 0 Å². The zero-order valence-corrected chi connectivity index (χ0v) is 20.6. The normalized spacial score (nSPS) is 14.2. The number of methoxy groups -OCH3 is 2. The van der Waals surface area contributed by atoms with E-state index in [0.717, 1.165) is 5.56 Å². The molecule has 0 aliphatic carbocycles. The van der Waals surface area contributed by atoms with E-state index in [2.05, 4.69) is 5.32 Å². The standard InChI is InChI=1S/C27H26ClNO7/c1-33-22-4-3-5-23(34-2)19(22)10-12-29-26(30)16-6-8-17(9-7-16)36-25-15-24-20(14-21(25)28)18(27(31)32)11-13-35-24/h3-9,14-15,18H,10-13H2,1-2H3,(H,29,30)(H,31,32). The average molecular weight is 512 g/mol. The van der Waals surface area contributed by atoms with Crippen LogP contribution >= 0.6 is 11.6 Å². The van der Waals surface area contributed by atoms with Crippen LogP contribution in [0.15, 0.2) is 54.6 Å². The second-order valence-corrected chi connectivity index (χ2v) is 8.53. The number of nitrogens with one attached hydrogen (secondary N) is 1. The summed E-state index contributed by atoms with van der Waals surface area (Å²) in [5, 5.41) is 12.6. The fourth-order valence-corrected chi connectivity index (χ4v) is 4.31. The Bertz CT molecular complexity index is 1240. The molecule has 0 saturated heterocycles. The van der Waals surface area contributed by atoms with E-state index in [0.29, 0.717) is 65.9 Å². The molecule has 1 amide bonds. The smallest absolute Gasteiger partial charge is 0.311 e. The Morgan fingerprint density at radius 1 is 1.06 bits per heavy atom. The number of fused-ring (bicyclic) bond motifs is 1. The number of amides is 1. The maximum absolute atomic E-state index is 12.6. The molecule has 0 saturated carbocycles. The van der Waals surface area contributed by atoms with Crippen LogP contribution in [0.25, 0.3) is 0 Å². The number of ether oxygens (including phenoxy) is 4. The molecule has 8 nitrogen and oxygen atoms in total. The molecule has 3 aromatic rings. The lowest BCUT2D eigenvalue weighted by molar-refractivity contribution is -0.139. The van der Waals surface area contributed by atoms with Gasteiger partial charge in [-0.25, -0.2) is 0 Å². The van der Waals surface area contributed by atoms with Crippen molar-refractivity contribution in [3.63, 3.8) is 0 Å². The lowest BCUT2D eigenvalue weighted by atomic mass is 9.93. The number of hydrogen-bond acceptors (Lipinski definition) is 6. The highest BCUT2D eigenvalue weighted by atomic mass is 35.5. The minimum Gasteiger partial charge on any atom is -0.496 e. The Morgan fingerprint density at radius 2 is 1.75 bits per heavy atom. The van der Waals surface area contributed by atoms with Gasteiger partial charge in [0.15, 0.2) is 0 Å². The molecular formula is C27H26ClNO7.